The van der Waals surface area contributed by atoms with E-state index in [1.807, 2.05) is 0 Å². The summed E-state index contributed by atoms with van der Waals surface area (Å²) in [5, 5.41) is 9.89. The van der Waals surface area contributed by atoms with Gasteiger partial charge in [0, 0.05) is 17.5 Å². The molecule has 1 N–H and O–H groups in total. The minimum absolute atomic E-state index is 0.0979. The van der Waals surface area contributed by atoms with E-state index >= 15 is 0 Å². The molecule has 1 aromatic heterocycles. The average molecular weight is 297 g/mol. The molecule has 1 amide bonds. The molecule has 22 heavy (non-hydrogen) atoms. The van der Waals surface area contributed by atoms with Crippen molar-refractivity contribution in [1.82, 2.24) is 4.90 Å². The van der Waals surface area contributed by atoms with Crippen LogP contribution in [0.1, 0.15) is 28.1 Å². The lowest BCUT2D eigenvalue weighted by Crippen LogP contribution is -2.49. The van der Waals surface area contributed by atoms with Gasteiger partial charge in [-0.05, 0) is 18.2 Å². The Morgan fingerprint density at radius 3 is 2.73 bits per heavy atom. The summed E-state index contributed by atoms with van der Waals surface area (Å²) in [5.41, 5.74) is -0.528. The number of hydrogen-bond donors (Lipinski definition) is 1. The third kappa shape index (κ3) is 1.86. The smallest absolute Gasteiger partial charge is 0.334 e. The highest BCUT2D eigenvalue weighted by Crippen LogP contribution is 2.43. The van der Waals surface area contributed by atoms with Gasteiger partial charge < -0.3 is 14.4 Å². The minimum Gasteiger partial charge on any atom is -0.479 e. The maximum Gasteiger partial charge on any atom is 0.334 e. The first-order valence-corrected chi connectivity index (χ1v) is 6.89. The zero-order valence-electron chi connectivity index (χ0n) is 11.9. The fourth-order valence-corrected chi connectivity index (χ4v) is 3.01. The molecule has 5 nitrogen and oxygen atoms in total. The van der Waals surface area contributed by atoms with Crippen molar-refractivity contribution in [1.29, 1.82) is 0 Å². The summed E-state index contributed by atoms with van der Waals surface area (Å²) in [7, 11) is 0. The highest BCUT2D eigenvalue weighted by atomic mass is 16.4. The molecule has 1 unspecified atom stereocenters. The number of fused-ring (bicyclic) bond motifs is 1. The van der Waals surface area contributed by atoms with Crippen molar-refractivity contribution in [3.05, 3.63) is 72.2 Å². The maximum atomic E-state index is 12.7. The van der Waals surface area contributed by atoms with Gasteiger partial charge in [-0.1, -0.05) is 24.3 Å². The molecule has 1 aliphatic heterocycles. The molecular formula is C17H15NO4. The molecule has 112 valence electrons. The number of carboxylic acids is 1. The van der Waals surface area contributed by atoms with Gasteiger partial charge in [0.15, 0.2) is 5.54 Å². The fourth-order valence-electron chi connectivity index (χ4n) is 3.01. The van der Waals surface area contributed by atoms with Crippen LogP contribution in [0.15, 0.2) is 59.7 Å². The number of carbonyl (C=O) groups excluding carboxylic acids is 1. The second-order valence-corrected chi connectivity index (χ2v) is 5.17. The molecule has 3 rings (SSSR count). The molecule has 0 saturated heterocycles. The van der Waals surface area contributed by atoms with Gasteiger partial charge in [-0.15, -0.1) is 6.58 Å². The predicted octanol–water partition coefficient (Wildman–Crippen LogP) is 2.79. The lowest BCUT2D eigenvalue weighted by molar-refractivity contribution is -0.150. The third-order valence-electron chi connectivity index (χ3n) is 4.00. The second kappa shape index (κ2) is 5.18. The monoisotopic (exact) mass is 297 g/mol. The summed E-state index contributed by atoms with van der Waals surface area (Å²) in [5.74, 6) is -0.843. The van der Waals surface area contributed by atoms with Gasteiger partial charge in [0.05, 0.1) is 12.8 Å². The lowest BCUT2D eigenvalue weighted by Gasteiger charge is -2.34. The molecule has 2 heterocycles. The number of carbonyl (C=O) groups is 2. The largest absolute Gasteiger partial charge is 0.479 e. The van der Waals surface area contributed by atoms with E-state index in [-0.39, 0.29) is 18.9 Å². The van der Waals surface area contributed by atoms with Gasteiger partial charge in [-0.3, -0.25) is 4.79 Å². The topological polar surface area (TPSA) is 70.8 Å². The van der Waals surface area contributed by atoms with Crippen molar-refractivity contribution >= 4 is 11.9 Å². The third-order valence-corrected chi connectivity index (χ3v) is 4.00. The standard InChI is InChI=1S/C17H15NO4/c1-2-9-17(16(20)21)14-8-4-3-7-13(14)15(19)18(17)11-12-6-5-10-22-12/h2-8,10H,1,9,11H2,(H,20,21). The first kappa shape index (κ1) is 14.1. The van der Waals surface area contributed by atoms with Gasteiger partial charge >= 0.3 is 5.97 Å². The zero-order valence-corrected chi connectivity index (χ0v) is 11.9. The normalized spacial score (nSPS) is 20.0. The molecule has 0 bridgehead atoms. The minimum atomic E-state index is -1.44. The Morgan fingerprint density at radius 2 is 2.09 bits per heavy atom. The summed E-state index contributed by atoms with van der Waals surface area (Å²) in [4.78, 5) is 26.1. The van der Waals surface area contributed by atoms with Crippen LogP contribution < -0.4 is 0 Å². The molecular weight excluding hydrogens is 282 g/mol. The van der Waals surface area contributed by atoms with Crippen LogP contribution in [-0.4, -0.2) is 21.9 Å². The fraction of sp³-hybridized carbons (Fsp3) is 0.176. The highest BCUT2D eigenvalue weighted by molar-refractivity contribution is 6.05. The van der Waals surface area contributed by atoms with Crippen LogP contribution in [0.3, 0.4) is 0 Å². The Morgan fingerprint density at radius 1 is 1.32 bits per heavy atom. The van der Waals surface area contributed by atoms with Crippen LogP contribution in [0.25, 0.3) is 0 Å². The van der Waals surface area contributed by atoms with Crippen molar-refractivity contribution in [3.8, 4) is 0 Å². The van der Waals surface area contributed by atoms with E-state index in [1.54, 1.807) is 36.4 Å². The van der Waals surface area contributed by atoms with Crippen LogP contribution in [-0.2, 0) is 16.9 Å². The maximum absolute atomic E-state index is 12.7. The van der Waals surface area contributed by atoms with Gasteiger partial charge in [0.25, 0.3) is 5.91 Å². The summed E-state index contributed by atoms with van der Waals surface area (Å²) < 4.78 is 5.28. The average Bonchev–Trinajstić information content (AvgIpc) is 3.10. The number of hydrogen-bond acceptors (Lipinski definition) is 3. The van der Waals surface area contributed by atoms with E-state index in [4.69, 9.17) is 4.42 Å². The van der Waals surface area contributed by atoms with Crippen LogP contribution in [0.4, 0.5) is 0 Å². The van der Waals surface area contributed by atoms with E-state index < -0.39 is 11.5 Å². The second-order valence-electron chi connectivity index (χ2n) is 5.17. The first-order valence-electron chi connectivity index (χ1n) is 6.89. The summed E-state index contributed by atoms with van der Waals surface area (Å²) >= 11 is 0. The molecule has 0 aliphatic carbocycles. The van der Waals surface area contributed by atoms with Crippen molar-refractivity contribution in [2.24, 2.45) is 0 Å². The van der Waals surface area contributed by atoms with E-state index in [2.05, 4.69) is 6.58 Å². The highest BCUT2D eigenvalue weighted by Gasteiger charge is 2.54. The first-order chi connectivity index (χ1) is 10.6. The van der Waals surface area contributed by atoms with Crippen molar-refractivity contribution < 1.29 is 19.1 Å². The molecule has 5 heteroatoms. The lowest BCUT2D eigenvalue weighted by atomic mass is 9.86. The number of aliphatic carboxylic acids is 1. The van der Waals surface area contributed by atoms with E-state index in [1.165, 1.54) is 17.2 Å². The summed E-state index contributed by atoms with van der Waals surface area (Å²) in [6, 6.07) is 10.2. The Kier molecular flexibility index (Phi) is 3.33. The number of benzene rings is 1. The Labute approximate surface area is 127 Å². The quantitative estimate of drug-likeness (QED) is 0.861. The number of amides is 1. The predicted molar refractivity (Wildman–Crippen MR) is 79.2 cm³/mol. The zero-order chi connectivity index (χ0) is 15.7. The molecule has 0 spiro atoms. The molecule has 1 atom stereocenters. The Balaban J connectivity index is 2.16. The molecule has 0 fully saturated rings. The molecule has 1 aliphatic rings. The van der Waals surface area contributed by atoms with Crippen molar-refractivity contribution in [2.75, 3.05) is 0 Å². The van der Waals surface area contributed by atoms with Crippen LogP contribution in [0, 0.1) is 0 Å². The summed E-state index contributed by atoms with van der Waals surface area (Å²) in [6.07, 6.45) is 3.16. The van der Waals surface area contributed by atoms with Crippen LogP contribution >= 0.6 is 0 Å². The number of nitrogens with zero attached hydrogens (tertiary/aromatic N) is 1. The number of furan rings is 1. The van der Waals surface area contributed by atoms with E-state index in [0.717, 1.165) is 0 Å². The van der Waals surface area contributed by atoms with E-state index in [9.17, 15) is 14.7 Å². The molecule has 2 aromatic rings. The molecule has 0 radical (unpaired) electrons. The van der Waals surface area contributed by atoms with Gasteiger partial charge in [0.1, 0.15) is 5.76 Å². The Hall–Kier alpha value is -2.82. The van der Waals surface area contributed by atoms with E-state index in [0.29, 0.717) is 16.9 Å². The number of carboxylic acid groups (broad SMARTS) is 1. The molecule has 0 saturated carbocycles. The van der Waals surface area contributed by atoms with Crippen LogP contribution in [0.5, 0.6) is 0 Å². The SMILES string of the molecule is C=CCC1(C(=O)O)c2ccccc2C(=O)N1Cc1ccco1. The van der Waals surface area contributed by atoms with Gasteiger partial charge in [-0.25, -0.2) is 4.79 Å². The van der Waals surface area contributed by atoms with Gasteiger partial charge in [-0.2, -0.15) is 0 Å². The number of rotatable bonds is 5. The summed E-state index contributed by atoms with van der Waals surface area (Å²) in [6.45, 7) is 3.75. The van der Waals surface area contributed by atoms with Crippen molar-refractivity contribution in [3.63, 3.8) is 0 Å². The molecule has 1 aromatic carbocycles. The Bertz CT molecular complexity index is 735. The van der Waals surface area contributed by atoms with Gasteiger partial charge in [0.2, 0.25) is 0 Å². The van der Waals surface area contributed by atoms with Crippen LogP contribution in [0.2, 0.25) is 0 Å². The van der Waals surface area contributed by atoms with Crippen molar-refractivity contribution in [2.45, 2.75) is 18.5 Å².